The highest BCUT2D eigenvalue weighted by Crippen LogP contribution is 2.22. The van der Waals surface area contributed by atoms with Crippen molar-refractivity contribution < 1.29 is 14.3 Å². The van der Waals surface area contributed by atoms with E-state index in [1.807, 2.05) is 24.3 Å². The highest BCUT2D eigenvalue weighted by atomic mass is 32.1. The molecule has 0 saturated heterocycles. The zero-order valence-corrected chi connectivity index (χ0v) is 13.7. The van der Waals surface area contributed by atoms with E-state index in [0.29, 0.717) is 18.4 Å². The van der Waals surface area contributed by atoms with Crippen LogP contribution in [0.1, 0.15) is 27.3 Å². The molecule has 3 aromatic rings. The van der Waals surface area contributed by atoms with Crippen molar-refractivity contribution >= 4 is 33.4 Å². The van der Waals surface area contributed by atoms with Gasteiger partial charge >= 0.3 is 5.97 Å². The number of nitrogens with zero attached hydrogens (tertiary/aromatic N) is 1. The Morgan fingerprint density at radius 1 is 1.08 bits per heavy atom. The van der Waals surface area contributed by atoms with Crippen LogP contribution in [0.15, 0.2) is 48.5 Å². The number of hydrogen-bond acceptors (Lipinski definition) is 5. The Labute approximate surface area is 143 Å². The quantitative estimate of drug-likeness (QED) is 0.699. The third kappa shape index (κ3) is 3.97. The molecule has 24 heavy (non-hydrogen) atoms. The Bertz CT molecular complexity index is 838. The number of primary amides is 1. The SMILES string of the molecule is NC(=O)c1ccc(COC(=O)CCc2nc3ccccc3s2)cc1. The molecule has 0 bridgehead atoms. The fourth-order valence-corrected chi connectivity index (χ4v) is 3.20. The Kier molecular flexibility index (Phi) is 4.86. The van der Waals surface area contributed by atoms with Gasteiger partial charge in [-0.15, -0.1) is 11.3 Å². The molecule has 2 aromatic carbocycles. The Morgan fingerprint density at radius 3 is 2.54 bits per heavy atom. The maximum Gasteiger partial charge on any atom is 0.306 e. The second-order valence-corrected chi connectivity index (χ2v) is 6.41. The average Bonchev–Trinajstić information content (AvgIpc) is 3.01. The smallest absolute Gasteiger partial charge is 0.306 e. The van der Waals surface area contributed by atoms with Crippen LogP contribution in [-0.4, -0.2) is 16.9 Å². The van der Waals surface area contributed by atoms with Crippen LogP contribution in [0.5, 0.6) is 0 Å². The summed E-state index contributed by atoms with van der Waals surface area (Å²) in [4.78, 5) is 27.4. The summed E-state index contributed by atoms with van der Waals surface area (Å²) >= 11 is 1.60. The number of esters is 1. The number of carbonyl (C=O) groups excluding carboxylic acids is 2. The van der Waals surface area contributed by atoms with Crippen LogP contribution < -0.4 is 5.73 Å². The molecule has 5 nitrogen and oxygen atoms in total. The number of nitrogens with two attached hydrogens (primary N) is 1. The van der Waals surface area contributed by atoms with Crippen molar-refractivity contribution in [2.75, 3.05) is 0 Å². The highest BCUT2D eigenvalue weighted by molar-refractivity contribution is 7.18. The number of rotatable bonds is 6. The fourth-order valence-electron chi connectivity index (χ4n) is 2.24. The zero-order valence-electron chi connectivity index (χ0n) is 12.9. The number of fused-ring (bicyclic) bond motifs is 1. The van der Waals surface area contributed by atoms with Gasteiger partial charge in [0.15, 0.2) is 0 Å². The summed E-state index contributed by atoms with van der Waals surface area (Å²) in [5, 5.41) is 0.930. The van der Waals surface area contributed by atoms with Crippen LogP contribution in [0.4, 0.5) is 0 Å². The minimum absolute atomic E-state index is 0.178. The van der Waals surface area contributed by atoms with E-state index in [1.54, 1.807) is 35.6 Å². The Morgan fingerprint density at radius 2 is 1.83 bits per heavy atom. The van der Waals surface area contributed by atoms with Crippen molar-refractivity contribution in [3.05, 3.63) is 64.7 Å². The summed E-state index contributed by atoms with van der Waals surface area (Å²) in [6.07, 6.45) is 0.859. The molecular formula is C18H16N2O3S. The lowest BCUT2D eigenvalue weighted by Crippen LogP contribution is -2.11. The molecule has 0 atom stereocenters. The molecule has 122 valence electrons. The minimum atomic E-state index is -0.477. The number of aryl methyl sites for hydroxylation is 1. The maximum absolute atomic E-state index is 11.9. The van der Waals surface area contributed by atoms with Crippen molar-refractivity contribution in [1.29, 1.82) is 0 Å². The largest absolute Gasteiger partial charge is 0.461 e. The predicted molar refractivity (Wildman–Crippen MR) is 92.7 cm³/mol. The lowest BCUT2D eigenvalue weighted by atomic mass is 10.1. The number of para-hydroxylation sites is 1. The molecule has 0 unspecified atom stereocenters. The summed E-state index contributed by atoms with van der Waals surface area (Å²) in [5.41, 5.74) is 7.38. The van der Waals surface area contributed by atoms with Crippen molar-refractivity contribution in [3.63, 3.8) is 0 Å². The molecule has 2 N–H and O–H groups in total. The van der Waals surface area contributed by atoms with Crippen molar-refractivity contribution in [2.45, 2.75) is 19.4 Å². The summed E-state index contributed by atoms with van der Waals surface area (Å²) in [6, 6.07) is 14.6. The molecule has 6 heteroatoms. The molecule has 0 aliphatic carbocycles. The molecule has 0 aliphatic rings. The van der Waals surface area contributed by atoms with Gasteiger partial charge < -0.3 is 10.5 Å². The van der Waals surface area contributed by atoms with E-state index in [-0.39, 0.29) is 12.6 Å². The molecule has 1 aromatic heterocycles. The Balaban J connectivity index is 1.49. The third-order valence-electron chi connectivity index (χ3n) is 3.52. The number of amides is 1. The standard InChI is InChI=1S/C18H16N2O3S/c19-18(22)13-7-5-12(6-8-13)11-23-17(21)10-9-16-20-14-3-1-2-4-15(14)24-16/h1-8H,9-11H2,(H2,19,22). The van der Waals surface area contributed by atoms with E-state index in [9.17, 15) is 9.59 Å². The average molecular weight is 340 g/mol. The fraction of sp³-hybridized carbons (Fsp3) is 0.167. The monoisotopic (exact) mass is 340 g/mol. The molecule has 0 fully saturated rings. The van der Waals surface area contributed by atoms with E-state index in [4.69, 9.17) is 10.5 Å². The highest BCUT2D eigenvalue weighted by Gasteiger charge is 2.08. The third-order valence-corrected chi connectivity index (χ3v) is 4.62. The van der Waals surface area contributed by atoms with Gasteiger partial charge in [-0.2, -0.15) is 0 Å². The van der Waals surface area contributed by atoms with E-state index in [0.717, 1.165) is 20.8 Å². The summed E-state index contributed by atoms with van der Waals surface area (Å²) in [6.45, 7) is 0.178. The first-order valence-corrected chi connectivity index (χ1v) is 8.32. The van der Waals surface area contributed by atoms with Gasteiger partial charge in [0.1, 0.15) is 6.61 Å². The first-order valence-electron chi connectivity index (χ1n) is 7.50. The van der Waals surface area contributed by atoms with E-state index >= 15 is 0 Å². The molecule has 0 spiro atoms. The zero-order chi connectivity index (χ0) is 16.9. The van der Waals surface area contributed by atoms with Gasteiger partial charge in [-0.25, -0.2) is 4.98 Å². The number of aromatic nitrogens is 1. The van der Waals surface area contributed by atoms with E-state index in [2.05, 4.69) is 4.98 Å². The molecule has 1 amide bonds. The summed E-state index contributed by atoms with van der Waals surface area (Å²) < 4.78 is 6.37. The second kappa shape index (κ2) is 7.23. The molecule has 3 rings (SSSR count). The first kappa shape index (κ1) is 16.1. The molecular weight excluding hydrogens is 324 g/mol. The molecule has 0 radical (unpaired) electrons. The van der Waals surface area contributed by atoms with Crippen molar-refractivity contribution in [2.24, 2.45) is 5.73 Å². The first-order chi connectivity index (χ1) is 11.6. The number of thiazole rings is 1. The summed E-state index contributed by atoms with van der Waals surface area (Å²) in [7, 11) is 0. The van der Waals surface area contributed by atoms with Crippen LogP contribution in [0.3, 0.4) is 0 Å². The molecule has 0 aliphatic heterocycles. The van der Waals surface area contributed by atoms with Crippen LogP contribution in [0.25, 0.3) is 10.2 Å². The number of benzene rings is 2. The van der Waals surface area contributed by atoms with Crippen LogP contribution in [-0.2, 0) is 22.6 Å². The van der Waals surface area contributed by atoms with Crippen molar-refractivity contribution in [3.8, 4) is 0 Å². The minimum Gasteiger partial charge on any atom is -0.461 e. The lowest BCUT2D eigenvalue weighted by Gasteiger charge is -2.05. The van der Waals surface area contributed by atoms with Crippen LogP contribution in [0, 0.1) is 0 Å². The van der Waals surface area contributed by atoms with Crippen LogP contribution in [0.2, 0.25) is 0 Å². The van der Waals surface area contributed by atoms with Gasteiger partial charge in [-0.3, -0.25) is 9.59 Å². The number of hydrogen-bond donors (Lipinski definition) is 1. The van der Waals surface area contributed by atoms with Gasteiger partial charge in [0.05, 0.1) is 21.6 Å². The van der Waals surface area contributed by atoms with Crippen LogP contribution >= 0.6 is 11.3 Å². The Hall–Kier alpha value is -2.73. The van der Waals surface area contributed by atoms with Gasteiger partial charge in [-0.1, -0.05) is 24.3 Å². The van der Waals surface area contributed by atoms with E-state index < -0.39 is 5.91 Å². The lowest BCUT2D eigenvalue weighted by molar-refractivity contribution is -0.144. The normalized spacial score (nSPS) is 10.7. The van der Waals surface area contributed by atoms with Gasteiger partial charge in [0, 0.05) is 12.0 Å². The van der Waals surface area contributed by atoms with Crippen molar-refractivity contribution in [1.82, 2.24) is 4.98 Å². The molecule has 0 saturated carbocycles. The van der Waals surface area contributed by atoms with E-state index in [1.165, 1.54) is 0 Å². The molecule has 1 heterocycles. The number of ether oxygens (including phenoxy) is 1. The second-order valence-electron chi connectivity index (χ2n) is 5.30. The summed E-state index contributed by atoms with van der Waals surface area (Å²) in [5.74, 6) is -0.748. The topological polar surface area (TPSA) is 82.3 Å². The maximum atomic E-state index is 11.9. The number of carbonyl (C=O) groups is 2. The van der Waals surface area contributed by atoms with Gasteiger partial charge in [-0.05, 0) is 29.8 Å². The van der Waals surface area contributed by atoms with Gasteiger partial charge in [0.25, 0.3) is 0 Å². The van der Waals surface area contributed by atoms with Gasteiger partial charge in [0.2, 0.25) is 5.91 Å². The predicted octanol–water partition coefficient (Wildman–Crippen LogP) is 3.07.